The van der Waals surface area contributed by atoms with Gasteiger partial charge in [-0.25, -0.2) is 4.79 Å². The Balaban J connectivity index is 2.16. The summed E-state index contributed by atoms with van der Waals surface area (Å²) in [5.74, 6) is -0.105. The minimum atomic E-state index is -0.443. The van der Waals surface area contributed by atoms with Gasteiger partial charge in [-0.05, 0) is 25.7 Å². The van der Waals surface area contributed by atoms with E-state index in [0.29, 0.717) is 19.6 Å². The first-order valence-electron chi connectivity index (χ1n) is 7.08. The number of urea groups is 1. The van der Waals surface area contributed by atoms with Crippen molar-refractivity contribution < 1.29 is 14.7 Å². The van der Waals surface area contributed by atoms with Crippen LogP contribution in [0.15, 0.2) is 0 Å². The number of hydrogen-bond donors (Lipinski definition) is 3. The molecule has 19 heavy (non-hydrogen) atoms. The fraction of sp³-hybridized carbons (Fsp3) is 0.846. The van der Waals surface area contributed by atoms with E-state index in [2.05, 4.69) is 5.32 Å². The molecule has 0 spiro atoms. The van der Waals surface area contributed by atoms with Crippen molar-refractivity contribution in [1.82, 2.24) is 10.2 Å². The number of nitrogens with zero attached hydrogens (tertiary/aromatic N) is 1. The molecule has 1 atom stereocenters. The highest BCUT2D eigenvalue weighted by Gasteiger charge is 2.26. The Morgan fingerprint density at radius 2 is 2.00 bits per heavy atom. The van der Waals surface area contributed by atoms with Crippen molar-refractivity contribution in [2.45, 2.75) is 38.5 Å². The van der Waals surface area contributed by atoms with Crippen LogP contribution in [0.2, 0.25) is 0 Å². The van der Waals surface area contributed by atoms with Crippen LogP contribution in [0.1, 0.15) is 38.5 Å². The van der Waals surface area contributed by atoms with E-state index in [0.717, 1.165) is 38.5 Å². The Labute approximate surface area is 114 Å². The molecule has 110 valence electrons. The molecule has 0 saturated carbocycles. The number of rotatable bonds is 7. The predicted molar refractivity (Wildman–Crippen MR) is 72.4 cm³/mol. The van der Waals surface area contributed by atoms with Crippen molar-refractivity contribution in [3.05, 3.63) is 0 Å². The zero-order valence-electron chi connectivity index (χ0n) is 11.4. The third kappa shape index (κ3) is 5.92. The van der Waals surface area contributed by atoms with Crippen LogP contribution in [-0.2, 0) is 4.79 Å². The smallest absolute Gasteiger partial charge is 0.314 e. The van der Waals surface area contributed by atoms with E-state index < -0.39 is 6.03 Å². The van der Waals surface area contributed by atoms with E-state index in [9.17, 15) is 9.59 Å². The maximum absolute atomic E-state index is 11.9. The maximum Gasteiger partial charge on any atom is 0.314 e. The van der Waals surface area contributed by atoms with Gasteiger partial charge in [0.1, 0.15) is 0 Å². The van der Waals surface area contributed by atoms with Gasteiger partial charge in [0.05, 0.1) is 5.92 Å². The zero-order valence-corrected chi connectivity index (χ0v) is 11.4. The van der Waals surface area contributed by atoms with Gasteiger partial charge in [-0.3, -0.25) is 4.79 Å². The van der Waals surface area contributed by atoms with Gasteiger partial charge < -0.3 is 21.1 Å². The van der Waals surface area contributed by atoms with Gasteiger partial charge in [0.2, 0.25) is 5.91 Å². The van der Waals surface area contributed by atoms with Crippen LogP contribution < -0.4 is 11.1 Å². The summed E-state index contributed by atoms with van der Waals surface area (Å²) in [6, 6.07) is -0.443. The quantitative estimate of drug-likeness (QED) is 0.586. The molecule has 0 aromatic rings. The van der Waals surface area contributed by atoms with E-state index in [1.165, 1.54) is 4.90 Å². The van der Waals surface area contributed by atoms with Gasteiger partial charge in [0.15, 0.2) is 0 Å². The van der Waals surface area contributed by atoms with Gasteiger partial charge >= 0.3 is 6.03 Å². The summed E-state index contributed by atoms with van der Waals surface area (Å²) in [4.78, 5) is 24.5. The summed E-state index contributed by atoms with van der Waals surface area (Å²) in [6.45, 7) is 1.99. The van der Waals surface area contributed by atoms with E-state index in [1.54, 1.807) is 0 Å². The number of nitrogens with one attached hydrogen (secondary N) is 1. The Morgan fingerprint density at radius 3 is 2.68 bits per heavy atom. The Kier molecular flexibility index (Phi) is 7.25. The van der Waals surface area contributed by atoms with Crippen molar-refractivity contribution in [1.29, 1.82) is 0 Å². The molecule has 0 aromatic carbocycles. The molecule has 1 unspecified atom stereocenters. The second-order valence-corrected chi connectivity index (χ2v) is 5.05. The lowest BCUT2D eigenvalue weighted by atomic mass is 9.97. The van der Waals surface area contributed by atoms with Gasteiger partial charge in [-0.15, -0.1) is 0 Å². The second-order valence-electron chi connectivity index (χ2n) is 5.05. The van der Waals surface area contributed by atoms with Gasteiger partial charge in [0, 0.05) is 26.2 Å². The van der Waals surface area contributed by atoms with Crippen LogP contribution in [0.4, 0.5) is 4.79 Å². The molecule has 0 radical (unpaired) electrons. The molecule has 0 bridgehead atoms. The third-order valence-electron chi connectivity index (χ3n) is 3.49. The van der Waals surface area contributed by atoms with Crippen LogP contribution >= 0.6 is 0 Å². The molecule has 1 fully saturated rings. The largest absolute Gasteiger partial charge is 0.396 e. The number of likely N-dealkylation sites (tertiary alicyclic amines) is 1. The van der Waals surface area contributed by atoms with Gasteiger partial charge in [-0.1, -0.05) is 12.8 Å². The van der Waals surface area contributed by atoms with Crippen LogP contribution in [0.3, 0.4) is 0 Å². The van der Waals surface area contributed by atoms with Gasteiger partial charge in [0.25, 0.3) is 0 Å². The number of amides is 3. The van der Waals surface area contributed by atoms with Crippen LogP contribution in [0.5, 0.6) is 0 Å². The summed E-state index contributed by atoms with van der Waals surface area (Å²) in [7, 11) is 0. The number of primary amides is 1. The van der Waals surface area contributed by atoms with Crippen molar-refractivity contribution in [2.75, 3.05) is 26.2 Å². The SMILES string of the molecule is NC(=O)N1CCCC(C(=O)NCCCCCCO)C1. The maximum atomic E-state index is 11.9. The molecular formula is C13H25N3O3. The monoisotopic (exact) mass is 271 g/mol. The number of aliphatic hydroxyl groups excluding tert-OH is 1. The first-order chi connectivity index (χ1) is 9.15. The highest BCUT2D eigenvalue weighted by molar-refractivity contribution is 5.80. The van der Waals surface area contributed by atoms with Crippen molar-refractivity contribution in [3.8, 4) is 0 Å². The molecule has 1 aliphatic rings. The highest BCUT2D eigenvalue weighted by Crippen LogP contribution is 2.16. The number of carbonyl (C=O) groups is 2. The number of nitrogens with two attached hydrogens (primary N) is 1. The third-order valence-corrected chi connectivity index (χ3v) is 3.49. The lowest BCUT2D eigenvalue weighted by Gasteiger charge is -2.30. The number of aliphatic hydroxyl groups is 1. The first kappa shape index (κ1) is 15.8. The van der Waals surface area contributed by atoms with Crippen LogP contribution in [0, 0.1) is 5.92 Å². The molecular weight excluding hydrogens is 246 g/mol. The van der Waals surface area contributed by atoms with E-state index >= 15 is 0 Å². The molecule has 1 aliphatic heterocycles. The Morgan fingerprint density at radius 1 is 1.26 bits per heavy atom. The lowest BCUT2D eigenvalue weighted by molar-refractivity contribution is -0.126. The van der Waals surface area contributed by atoms with Crippen molar-refractivity contribution in [3.63, 3.8) is 0 Å². The second kappa shape index (κ2) is 8.74. The molecule has 6 heteroatoms. The van der Waals surface area contributed by atoms with Gasteiger partial charge in [-0.2, -0.15) is 0 Å². The van der Waals surface area contributed by atoms with Crippen LogP contribution in [0.25, 0.3) is 0 Å². The average molecular weight is 271 g/mol. The lowest BCUT2D eigenvalue weighted by Crippen LogP contribution is -2.47. The highest BCUT2D eigenvalue weighted by atomic mass is 16.3. The fourth-order valence-electron chi connectivity index (χ4n) is 2.34. The molecule has 3 amide bonds. The summed E-state index contributed by atoms with van der Waals surface area (Å²) >= 11 is 0. The molecule has 1 heterocycles. The average Bonchev–Trinajstić information content (AvgIpc) is 2.42. The number of unbranched alkanes of at least 4 members (excludes halogenated alkanes) is 3. The summed E-state index contributed by atoms with van der Waals surface area (Å²) in [5, 5.41) is 11.5. The van der Waals surface area contributed by atoms with Crippen LogP contribution in [-0.4, -0.2) is 48.2 Å². The Hall–Kier alpha value is -1.30. The molecule has 6 nitrogen and oxygen atoms in total. The minimum Gasteiger partial charge on any atom is -0.396 e. The summed E-state index contributed by atoms with van der Waals surface area (Å²) < 4.78 is 0. The number of hydrogen-bond acceptors (Lipinski definition) is 3. The fourth-order valence-corrected chi connectivity index (χ4v) is 2.34. The molecule has 4 N–H and O–H groups in total. The van der Waals surface area contributed by atoms with Crippen molar-refractivity contribution >= 4 is 11.9 Å². The summed E-state index contributed by atoms with van der Waals surface area (Å²) in [6.07, 6.45) is 5.41. The molecule has 0 aliphatic carbocycles. The first-order valence-corrected chi connectivity index (χ1v) is 7.08. The standard InChI is InChI=1S/C13H25N3O3/c14-13(19)16-8-5-6-11(10-16)12(18)15-7-3-1-2-4-9-17/h11,17H,1-10H2,(H2,14,19)(H,15,18). The predicted octanol–water partition coefficient (Wildman–Crippen LogP) is 0.446. The molecule has 0 aromatic heterocycles. The molecule has 1 rings (SSSR count). The zero-order chi connectivity index (χ0) is 14.1. The summed E-state index contributed by atoms with van der Waals surface area (Å²) in [5.41, 5.74) is 5.23. The van der Waals surface area contributed by atoms with E-state index in [4.69, 9.17) is 10.8 Å². The number of carbonyl (C=O) groups excluding carboxylic acids is 2. The number of piperidine rings is 1. The topological polar surface area (TPSA) is 95.7 Å². The van der Waals surface area contributed by atoms with E-state index in [1.807, 2.05) is 0 Å². The Bertz CT molecular complexity index is 297. The van der Waals surface area contributed by atoms with Crippen molar-refractivity contribution in [2.24, 2.45) is 11.7 Å². The molecule has 1 saturated heterocycles. The van der Waals surface area contributed by atoms with E-state index in [-0.39, 0.29) is 18.4 Å². The minimum absolute atomic E-state index is 0.0214. The normalized spacial score (nSPS) is 19.2.